The van der Waals surface area contributed by atoms with Gasteiger partial charge < -0.3 is 5.32 Å². The molecule has 0 aliphatic rings. The Bertz CT molecular complexity index is 575. The molecule has 2 aromatic rings. The predicted molar refractivity (Wildman–Crippen MR) is 93.1 cm³/mol. The summed E-state index contributed by atoms with van der Waals surface area (Å²) in [6, 6.07) is 8.57. The molecule has 1 aromatic carbocycles. The van der Waals surface area contributed by atoms with Crippen molar-refractivity contribution in [3.63, 3.8) is 0 Å². The fraction of sp³-hybridized carbons (Fsp3) is 0.375. The number of halogens is 2. The lowest BCUT2D eigenvalue weighted by molar-refractivity contribution is 0.603. The van der Waals surface area contributed by atoms with Gasteiger partial charge in [-0.1, -0.05) is 30.7 Å². The maximum absolute atomic E-state index is 6.28. The van der Waals surface area contributed by atoms with Crippen LogP contribution in [0.2, 0.25) is 5.02 Å². The van der Waals surface area contributed by atoms with E-state index in [1.807, 2.05) is 23.5 Å². The molecule has 0 aliphatic carbocycles. The van der Waals surface area contributed by atoms with Crippen molar-refractivity contribution in [3.8, 4) is 0 Å². The molecule has 0 bridgehead atoms. The minimum atomic E-state index is 0.212. The second-order valence-corrected chi connectivity index (χ2v) is 7.44. The lowest BCUT2D eigenvalue weighted by atomic mass is 10.00. The molecule has 0 spiro atoms. The van der Waals surface area contributed by atoms with Crippen molar-refractivity contribution < 1.29 is 0 Å². The molecule has 108 valence electrons. The van der Waals surface area contributed by atoms with Crippen LogP contribution in [0.5, 0.6) is 0 Å². The van der Waals surface area contributed by atoms with E-state index in [1.54, 1.807) is 0 Å². The van der Waals surface area contributed by atoms with Crippen molar-refractivity contribution >= 4 is 38.9 Å². The Morgan fingerprint density at radius 1 is 1.35 bits per heavy atom. The first-order chi connectivity index (χ1) is 9.54. The molecular weight excluding hydrogens is 354 g/mol. The largest absolute Gasteiger partial charge is 0.306 e. The highest BCUT2D eigenvalue weighted by Crippen LogP contribution is 2.36. The van der Waals surface area contributed by atoms with Crippen LogP contribution in [0.25, 0.3) is 0 Å². The van der Waals surface area contributed by atoms with E-state index in [1.165, 1.54) is 19.8 Å². The van der Waals surface area contributed by atoms with Crippen LogP contribution >= 0.6 is 38.9 Å². The van der Waals surface area contributed by atoms with Gasteiger partial charge >= 0.3 is 0 Å². The summed E-state index contributed by atoms with van der Waals surface area (Å²) in [4.78, 5) is 2.64. The lowest BCUT2D eigenvalue weighted by Gasteiger charge is -2.20. The van der Waals surface area contributed by atoms with Gasteiger partial charge in [0.15, 0.2) is 0 Å². The molecule has 0 radical (unpaired) electrons. The van der Waals surface area contributed by atoms with Gasteiger partial charge in [-0.05, 0) is 66.0 Å². The van der Waals surface area contributed by atoms with Crippen LogP contribution in [-0.4, -0.2) is 6.54 Å². The van der Waals surface area contributed by atoms with E-state index >= 15 is 0 Å². The second kappa shape index (κ2) is 7.08. The highest BCUT2D eigenvalue weighted by Gasteiger charge is 2.19. The van der Waals surface area contributed by atoms with Crippen LogP contribution < -0.4 is 5.32 Å². The quantitative estimate of drug-likeness (QED) is 0.692. The van der Waals surface area contributed by atoms with Gasteiger partial charge in [-0.3, -0.25) is 0 Å². The molecule has 1 heterocycles. The van der Waals surface area contributed by atoms with E-state index in [0.29, 0.717) is 0 Å². The fourth-order valence-electron chi connectivity index (χ4n) is 2.21. The molecule has 1 nitrogen and oxygen atoms in total. The van der Waals surface area contributed by atoms with E-state index < -0.39 is 0 Å². The summed E-state index contributed by atoms with van der Waals surface area (Å²) in [5, 5.41) is 4.47. The van der Waals surface area contributed by atoms with Crippen molar-refractivity contribution in [1.82, 2.24) is 5.32 Å². The molecule has 2 rings (SSSR count). The molecule has 1 N–H and O–H groups in total. The summed E-state index contributed by atoms with van der Waals surface area (Å²) in [5.41, 5.74) is 2.42. The minimum absolute atomic E-state index is 0.212. The molecule has 0 amide bonds. The number of benzene rings is 1. The number of thiophene rings is 1. The Labute approximate surface area is 138 Å². The van der Waals surface area contributed by atoms with Gasteiger partial charge in [0.1, 0.15) is 0 Å². The summed E-state index contributed by atoms with van der Waals surface area (Å²) in [6.45, 7) is 7.41. The maximum Gasteiger partial charge on any atom is 0.0674 e. The van der Waals surface area contributed by atoms with Crippen LogP contribution in [0.3, 0.4) is 0 Å². The monoisotopic (exact) mass is 371 g/mol. The average Bonchev–Trinajstić information content (AvgIpc) is 2.74. The highest BCUT2D eigenvalue weighted by molar-refractivity contribution is 9.10. The second-order valence-electron chi connectivity index (χ2n) is 4.89. The summed E-state index contributed by atoms with van der Waals surface area (Å²) >= 11 is 11.7. The Balaban J connectivity index is 2.44. The number of hydrogen-bond donors (Lipinski definition) is 1. The summed E-state index contributed by atoms with van der Waals surface area (Å²) < 4.78 is 1.18. The smallest absolute Gasteiger partial charge is 0.0674 e. The van der Waals surface area contributed by atoms with E-state index in [-0.39, 0.29) is 6.04 Å². The Morgan fingerprint density at radius 3 is 2.70 bits per heavy atom. The van der Waals surface area contributed by atoms with Crippen LogP contribution in [0.15, 0.2) is 28.7 Å². The topological polar surface area (TPSA) is 12.0 Å². The number of aryl methyl sites for hydroxylation is 1. The van der Waals surface area contributed by atoms with Gasteiger partial charge in [-0.15, -0.1) is 11.3 Å². The fourth-order valence-corrected chi connectivity index (χ4v) is 4.05. The highest BCUT2D eigenvalue weighted by atomic mass is 79.9. The SMILES string of the molecule is CCCNC(c1cc(Br)c(C)s1)c1cccc(Cl)c1C. The Kier molecular flexibility index (Phi) is 5.67. The minimum Gasteiger partial charge on any atom is -0.306 e. The molecule has 1 atom stereocenters. The third kappa shape index (κ3) is 3.45. The van der Waals surface area contributed by atoms with Crippen LogP contribution in [-0.2, 0) is 0 Å². The molecule has 20 heavy (non-hydrogen) atoms. The van der Waals surface area contributed by atoms with Gasteiger partial charge in [0.05, 0.1) is 6.04 Å². The van der Waals surface area contributed by atoms with Gasteiger partial charge in [0.25, 0.3) is 0 Å². The number of rotatable bonds is 5. The van der Waals surface area contributed by atoms with Crippen molar-refractivity contribution in [1.29, 1.82) is 0 Å². The normalized spacial score (nSPS) is 12.7. The van der Waals surface area contributed by atoms with Crippen molar-refractivity contribution in [2.24, 2.45) is 0 Å². The van der Waals surface area contributed by atoms with Crippen LogP contribution in [0.4, 0.5) is 0 Å². The summed E-state index contributed by atoms with van der Waals surface area (Å²) in [5.74, 6) is 0. The molecule has 0 fully saturated rings. The zero-order valence-corrected chi connectivity index (χ0v) is 15.1. The molecule has 1 aromatic heterocycles. The number of nitrogens with one attached hydrogen (secondary N) is 1. The molecule has 1 unspecified atom stereocenters. The van der Waals surface area contributed by atoms with Gasteiger partial charge in [0.2, 0.25) is 0 Å². The summed E-state index contributed by atoms with van der Waals surface area (Å²) in [6.07, 6.45) is 1.11. The Morgan fingerprint density at radius 2 is 2.10 bits per heavy atom. The summed E-state index contributed by atoms with van der Waals surface area (Å²) in [7, 11) is 0. The third-order valence-corrected chi connectivity index (χ3v) is 5.99. The average molecular weight is 373 g/mol. The van der Waals surface area contributed by atoms with E-state index in [0.717, 1.165) is 23.6 Å². The molecular formula is C16H19BrClNS. The molecule has 0 saturated carbocycles. The zero-order valence-electron chi connectivity index (χ0n) is 12.0. The van der Waals surface area contributed by atoms with Gasteiger partial charge in [-0.25, -0.2) is 0 Å². The zero-order chi connectivity index (χ0) is 14.7. The predicted octanol–water partition coefficient (Wildman–Crippen LogP) is 5.87. The van der Waals surface area contributed by atoms with E-state index in [2.05, 4.69) is 54.2 Å². The van der Waals surface area contributed by atoms with Crippen LogP contribution in [0.1, 0.15) is 40.3 Å². The van der Waals surface area contributed by atoms with Crippen LogP contribution in [0, 0.1) is 13.8 Å². The number of hydrogen-bond acceptors (Lipinski definition) is 2. The van der Waals surface area contributed by atoms with E-state index in [9.17, 15) is 0 Å². The van der Waals surface area contributed by atoms with Crippen molar-refractivity contribution in [2.75, 3.05) is 6.54 Å². The van der Waals surface area contributed by atoms with Gasteiger partial charge in [0, 0.05) is 19.2 Å². The standard InChI is InChI=1S/C16H19BrClNS/c1-4-8-19-16(15-9-13(17)11(3)20-15)12-6-5-7-14(18)10(12)2/h5-7,9,16,19H,4,8H2,1-3H3. The third-order valence-electron chi connectivity index (χ3n) is 3.38. The first-order valence-corrected chi connectivity index (χ1v) is 8.77. The van der Waals surface area contributed by atoms with E-state index in [4.69, 9.17) is 11.6 Å². The van der Waals surface area contributed by atoms with Crippen molar-refractivity contribution in [2.45, 2.75) is 33.2 Å². The lowest BCUT2D eigenvalue weighted by Crippen LogP contribution is -2.23. The first-order valence-electron chi connectivity index (χ1n) is 6.78. The molecule has 4 heteroatoms. The first kappa shape index (κ1) is 16.0. The Hall–Kier alpha value is -0.350. The molecule has 0 aliphatic heterocycles. The van der Waals surface area contributed by atoms with Gasteiger partial charge in [-0.2, -0.15) is 0 Å². The maximum atomic E-state index is 6.28. The molecule has 0 saturated heterocycles. The van der Waals surface area contributed by atoms with Crippen molar-refractivity contribution in [3.05, 3.63) is 54.6 Å².